The normalized spacial score (nSPS) is 11.6. The Hall–Kier alpha value is -1.95. The monoisotopic (exact) mass is 283 g/mol. The van der Waals surface area contributed by atoms with Crippen LogP contribution < -0.4 is 19.5 Å². The lowest BCUT2D eigenvalue weighted by molar-refractivity contribution is -0.143. The van der Waals surface area contributed by atoms with E-state index in [4.69, 9.17) is 18.9 Å². The molecule has 1 N–H and O–H groups in total. The van der Waals surface area contributed by atoms with Gasteiger partial charge in [0, 0.05) is 0 Å². The number of likely N-dealkylation sites (N-methyl/N-ethyl adjacent to an activating group) is 1. The number of methoxy groups -OCH3 is 3. The van der Waals surface area contributed by atoms with Gasteiger partial charge in [-0.25, -0.2) is 0 Å². The number of hydrogen-bond acceptors (Lipinski definition) is 6. The number of carbonyl (C=O) groups excluding carboxylic acids is 1. The fourth-order valence-electron chi connectivity index (χ4n) is 1.73. The van der Waals surface area contributed by atoms with E-state index < -0.39 is 6.04 Å². The first-order valence-electron chi connectivity index (χ1n) is 6.32. The predicted molar refractivity (Wildman–Crippen MR) is 74.5 cm³/mol. The van der Waals surface area contributed by atoms with Crippen LogP contribution in [0, 0.1) is 0 Å². The van der Waals surface area contributed by atoms with E-state index in [0.29, 0.717) is 23.8 Å². The zero-order chi connectivity index (χ0) is 15.0. The second-order valence-electron chi connectivity index (χ2n) is 3.94. The Morgan fingerprint density at radius 3 is 2.25 bits per heavy atom. The summed E-state index contributed by atoms with van der Waals surface area (Å²) in [5, 5.41) is 3.00. The van der Waals surface area contributed by atoms with Gasteiger partial charge in [0.15, 0.2) is 11.5 Å². The average molecular weight is 283 g/mol. The summed E-state index contributed by atoms with van der Waals surface area (Å²) in [6.07, 6.45) is 0. The third kappa shape index (κ3) is 4.03. The molecule has 1 rings (SSSR count). The Kier molecular flexibility index (Phi) is 6.66. The second kappa shape index (κ2) is 8.27. The number of esters is 1. The van der Waals surface area contributed by atoms with Crippen LogP contribution in [0.15, 0.2) is 18.2 Å². The summed E-state index contributed by atoms with van der Waals surface area (Å²) < 4.78 is 20.8. The van der Waals surface area contributed by atoms with Crippen LogP contribution in [0.25, 0.3) is 0 Å². The zero-order valence-corrected chi connectivity index (χ0v) is 12.3. The van der Waals surface area contributed by atoms with E-state index >= 15 is 0 Å². The summed E-state index contributed by atoms with van der Waals surface area (Å²) in [5.41, 5.74) is 0. The highest BCUT2D eigenvalue weighted by molar-refractivity contribution is 5.75. The van der Waals surface area contributed by atoms with Gasteiger partial charge >= 0.3 is 5.97 Å². The predicted octanol–water partition coefficient (Wildman–Crippen LogP) is 1.23. The third-order valence-electron chi connectivity index (χ3n) is 2.71. The van der Waals surface area contributed by atoms with Crippen LogP contribution in [-0.2, 0) is 9.53 Å². The average Bonchev–Trinajstić information content (AvgIpc) is 2.50. The van der Waals surface area contributed by atoms with Gasteiger partial charge in [0.25, 0.3) is 0 Å². The topological polar surface area (TPSA) is 66.0 Å². The van der Waals surface area contributed by atoms with Crippen molar-refractivity contribution in [2.75, 3.05) is 34.5 Å². The minimum Gasteiger partial charge on any atom is -0.493 e. The summed E-state index contributed by atoms with van der Waals surface area (Å²) >= 11 is 0. The first-order chi connectivity index (χ1) is 9.67. The van der Waals surface area contributed by atoms with Gasteiger partial charge in [0.05, 0.1) is 21.3 Å². The molecule has 0 aliphatic carbocycles. The van der Waals surface area contributed by atoms with E-state index in [-0.39, 0.29) is 12.6 Å². The highest BCUT2D eigenvalue weighted by Gasteiger charge is 2.20. The quantitative estimate of drug-likeness (QED) is 0.724. The number of nitrogens with one attached hydrogen (secondary N) is 1. The maximum Gasteiger partial charge on any atom is 0.326 e. The first kappa shape index (κ1) is 16.1. The number of ether oxygens (including phenoxy) is 4. The molecule has 0 radical (unpaired) electrons. The van der Waals surface area contributed by atoms with Crippen LogP contribution in [-0.4, -0.2) is 46.5 Å². The molecule has 0 fully saturated rings. The summed E-state index contributed by atoms with van der Waals surface area (Å²) in [6.45, 7) is 2.66. The van der Waals surface area contributed by atoms with Gasteiger partial charge in [0.2, 0.25) is 5.75 Å². The van der Waals surface area contributed by atoms with E-state index in [1.165, 1.54) is 7.11 Å². The van der Waals surface area contributed by atoms with E-state index in [1.807, 2.05) is 6.92 Å². The van der Waals surface area contributed by atoms with Crippen LogP contribution >= 0.6 is 0 Å². The zero-order valence-electron chi connectivity index (χ0n) is 12.3. The van der Waals surface area contributed by atoms with Crippen molar-refractivity contribution in [2.24, 2.45) is 0 Å². The van der Waals surface area contributed by atoms with Crippen LogP contribution in [0.1, 0.15) is 6.92 Å². The van der Waals surface area contributed by atoms with Crippen molar-refractivity contribution < 1.29 is 23.7 Å². The van der Waals surface area contributed by atoms with Crippen molar-refractivity contribution in [3.63, 3.8) is 0 Å². The molecule has 0 heterocycles. The molecular weight excluding hydrogens is 262 g/mol. The third-order valence-corrected chi connectivity index (χ3v) is 2.71. The Bertz CT molecular complexity index is 413. The fraction of sp³-hybridized carbons (Fsp3) is 0.500. The summed E-state index contributed by atoms with van der Waals surface area (Å²) in [7, 11) is 4.43. The van der Waals surface area contributed by atoms with Crippen molar-refractivity contribution in [1.82, 2.24) is 5.32 Å². The fourth-order valence-corrected chi connectivity index (χ4v) is 1.73. The van der Waals surface area contributed by atoms with E-state index in [2.05, 4.69) is 5.32 Å². The maximum atomic E-state index is 11.6. The number of hydrogen-bond donors (Lipinski definition) is 1. The maximum absolute atomic E-state index is 11.6. The number of benzene rings is 1. The molecule has 0 amide bonds. The van der Waals surface area contributed by atoms with Crippen molar-refractivity contribution in [3.05, 3.63) is 18.2 Å². The Morgan fingerprint density at radius 2 is 1.80 bits per heavy atom. The molecule has 1 aromatic carbocycles. The number of rotatable bonds is 8. The van der Waals surface area contributed by atoms with Crippen LogP contribution in [0.4, 0.5) is 0 Å². The summed E-state index contributed by atoms with van der Waals surface area (Å²) in [4.78, 5) is 11.6. The molecule has 1 unspecified atom stereocenters. The summed E-state index contributed by atoms with van der Waals surface area (Å²) in [6, 6.07) is 4.78. The van der Waals surface area contributed by atoms with Gasteiger partial charge in [-0.1, -0.05) is 13.0 Å². The molecular formula is C14H21NO5. The molecule has 1 aromatic rings. The lowest BCUT2D eigenvalue weighted by Gasteiger charge is -2.18. The van der Waals surface area contributed by atoms with Crippen LogP contribution in [0.2, 0.25) is 0 Å². The molecule has 0 aliphatic rings. The minimum atomic E-state index is -0.542. The van der Waals surface area contributed by atoms with Gasteiger partial charge in [-0.2, -0.15) is 0 Å². The van der Waals surface area contributed by atoms with Crippen molar-refractivity contribution in [3.8, 4) is 17.2 Å². The minimum absolute atomic E-state index is 0.122. The van der Waals surface area contributed by atoms with Crippen molar-refractivity contribution in [2.45, 2.75) is 13.0 Å². The van der Waals surface area contributed by atoms with Gasteiger partial charge in [-0.05, 0) is 18.7 Å². The van der Waals surface area contributed by atoms with Gasteiger partial charge in [-0.15, -0.1) is 0 Å². The lowest BCUT2D eigenvalue weighted by atomic mass is 10.2. The van der Waals surface area contributed by atoms with Gasteiger partial charge < -0.3 is 24.3 Å². The van der Waals surface area contributed by atoms with E-state index in [0.717, 1.165) is 0 Å². The largest absolute Gasteiger partial charge is 0.493 e. The smallest absolute Gasteiger partial charge is 0.326 e. The van der Waals surface area contributed by atoms with Gasteiger partial charge in [-0.3, -0.25) is 4.79 Å². The number of carbonyl (C=O) groups is 1. The highest BCUT2D eigenvalue weighted by atomic mass is 16.5. The van der Waals surface area contributed by atoms with Crippen molar-refractivity contribution in [1.29, 1.82) is 0 Å². The van der Waals surface area contributed by atoms with E-state index in [9.17, 15) is 4.79 Å². The van der Waals surface area contributed by atoms with Crippen molar-refractivity contribution >= 4 is 5.97 Å². The van der Waals surface area contributed by atoms with Gasteiger partial charge in [0.1, 0.15) is 12.6 Å². The molecule has 0 saturated heterocycles. The molecule has 6 heteroatoms. The first-order valence-corrected chi connectivity index (χ1v) is 6.32. The summed E-state index contributed by atoms with van der Waals surface area (Å²) in [5.74, 6) is 1.18. The molecule has 1 atom stereocenters. The SMILES string of the molecule is CCNC(COc1c(OC)cccc1OC)C(=O)OC. The molecule has 0 aromatic heterocycles. The molecule has 0 saturated carbocycles. The number of para-hydroxylation sites is 1. The molecule has 20 heavy (non-hydrogen) atoms. The Labute approximate surface area is 119 Å². The highest BCUT2D eigenvalue weighted by Crippen LogP contribution is 2.36. The standard InChI is InChI=1S/C14H21NO5/c1-5-15-10(14(16)19-4)9-20-13-11(17-2)7-6-8-12(13)18-3/h6-8,10,15H,5,9H2,1-4H3. The van der Waals surface area contributed by atoms with Crippen LogP contribution in [0.5, 0.6) is 17.2 Å². The molecule has 6 nitrogen and oxygen atoms in total. The molecule has 0 aliphatic heterocycles. The van der Waals surface area contributed by atoms with Crippen LogP contribution in [0.3, 0.4) is 0 Å². The van der Waals surface area contributed by atoms with E-state index in [1.54, 1.807) is 32.4 Å². The molecule has 0 spiro atoms. The lowest BCUT2D eigenvalue weighted by Crippen LogP contribution is -2.42. The molecule has 112 valence electrons. The Morgan fingerprint density at radius 1 is 1.20 bits per heavy atom. The Balaban J connectivity index is 2.83. The second-order valence-corrected chi connectivity index (χ2v) is 3.94. The molecule has 0 bridgehead atoms.